The van der Waals surface area contributed by atoms with Crippen LogP contribution in [0.5, 0.6) is 0 Å². The number of carbonyl (C=O) groups excluding carboxylic acids is 1. The first kappa shape index (κ1) is 17.2. The molecule has 1 aliphatic rings. The number of thiophene rings is 1. The Bertz CT molecular complexity index is 690. The zero-order valence-electron chi connectivity index (χ0n) is 14.7. The van der Waals surface area contributed by atoms with Crippen LogP contribution in [0, 0.1) is 0 Å². The van der Waals surface area contributed by atoms with Crippen molar-refractivity contribution in [3.05, 3.63) is 57.3 Å². The Morgan fingerprint density at radius 3 is 2.58 bits per heavy atom. The van der Waals surface area contributed by atoms with Gasteiger partial charge in [-0.25, -0.2) is 0 Å². The number of hydrogen-bond acceptors (Lipinski definition) is 3. The highest BCUT2D eigenvalue weighted by Crippen LogP contribution is 2.30. The van der Waals surface area contributed by atoms with E-state index >= 15 is 0 Å². The minimum Gasteiger partial charge on any atom is -0.354 e. The Morgan fingerprint density at radius 1 is 1.21 bits per heavy atom. The van der Waals surface area contributed by atoms with Gasteiger partial charge in [0, 0.05) is 31.4 Å². The zero-order chi connectivity index (χ0) is 17.1. The van der Waals surface area contributed by atoms with Gasteiger partial charge >= 0.3 is 0 Å². The smallest absolute Gasteiger partial charge is 0.216 e. The predicted octanol–water partition coefficient (Wildman–Crippen LogP) is 4.11. The maximum atomic E-state index is 11.4. The minimum atomic E-state index is 0.0343. The summed E-state index contributed by atoms with van der Waals surface area (Å²) in [6.07, 6.45) is 1.10. The molecule has 128 valence electrons. The van der Waals surface area contributed by atoms with Crippen LogP contribution in [-0.2, 0) is 17.8 Å². The quantitative estimate of drug-likeness (QED) is 0.887. The maximum absolute atomic E-state index is 11.4. The first-order valence-corrected chi connectivity index (χ1v) is 9.56. The molecule has 0 aliphatic carbocycles. The average molecular weight is 343 g/mol. The fraction of sp³-hybridized carbons (Fsp3) is 0.450. The third kappa shape index (κ3) is 3.87. The van der Waals surface area contributed by atoms with Gasteiger partial charge in [0.15, 0.2) is 0 Å². The fourth-order valence-corrected chi connectivity index (χ4v) is 4.23. The van der Waals surface area contributed by atoms with E-state index in [-0.39, 0.29) is 11.9 Å². The fourth-order valence-electron chi connectivity index (χ4n) is 3.34. The number of rotatable bonds is 5. The second-order valence-corrected chi connectivity index (χ2v) is 7.86. The lowest BCUT2D eigenvalue weighted by Gasteiger charge is -2.35. The molecule has 0 spiro atoms. The summed E-state index contributed by atoms with van der Waals surface area (Å²) in [6.45, 7) is 8.69. The van der Waals surface area contributed by atoms with Gasteiger partial charge in [-0.15, -0.1) is 11.3 Å². The summed E-state index contributed by atoms with van der Waals surface area (Å²) in [7, 11) is 0. The lowest BCUT2D eigenvalue weighted by Crippen LogP contribution is -2.39. The van der Waals surface area contributed by atoms with Gasteiger partial charge in [-0.1, -0.05) is 38.1 Å². The largest absolute Gasteiger partial charge is 0.354 e. The van der Waals surface area contributed by atoms with E-state index in [1.54, 1.807) is 6.92 Å². The van der Waals surface area contributed by atoms with Gasteiger partial charge in [-0.2, -0.15) is 0 Å². The zero-order valence-corrected chi connectivity index (χ0v) is 15.5. The van der Waals surface area contributed by atoms with Crippen molar-refractivity contribution in [3.8, 4) is 0 Å². The number of carbonyl (C=O) groups is 1. The van der Waals surface area contributed by atoms with Crippen molar-refractivity contribution in [2.45, 2.75) is 45.7 Å². The van der Waals surface area contributed by atoms with Crippen molar-refractivity contribution in [2.75, 3.05) is 13.1 Å². The van der Waals surface area contributed by atoms with Crippen molar-refractivity contribution in [1.29, 1.82) is 0 Å². The first-order chi connectivity index (χ1) is 11.5. The number of fused-ring (bicyclic) bond motifs is 1. The molecular weight excluding hydrogens is 316 g/mol. The van der Waals surface area contributed by atoms with E-state index in [1.165, 1.54) is 21.6 Å². The molecule has 1 unspecified atom stereocenters. The molecule has 0 radical (unpaired) electrons. The Kier molecular flexibility index (Phi) is 5.36. The van der Waals surface area contributed by atoms with Crippen LogP contribution in [0.1, 0.15) is 54.3 Å². The lowest BCUT2D eigenvalue weighted by atomic mass is 9.97. The van der Waals surface area contributed by atoms with E-state index in [4.69, 9.17) is 0 Å². The van der Waals surface area contributed by atoms with E-state index in [0.29, 0.717) is 12.5 Å². The van der Waals surface area contributed by atoms with Crippen molar-refractivity contribution < 1.29 is 4.79 Å². The SMILES string of the molecule is CC(=O)NCC(c1ccc(C(C)C)cc1)N1CCc2sccc2C1. The summed E-state index contributed by atoms with van der Waals surface area (Å²) in [5, 5.41) is 5.21. The predicted molar refractivity (Wildman–Crippen MR) is 100 cm³/mol. The van der Waals surface area contributed by atoms with Crippen LogP contribution < -0.4 is 5.32 Å². The molecule has 3 rings (SSSR count). The topological polar surface area (TPSA) is 32.3 Å². The molecule has 2 aromatic rings. The van der Waals surface area contributed by atoms with Crippen LogP contribution >= 0.6 is 11.3 Å². The Hall–Kier alpha value is -1.65. The van der Waals surface area contributed by atoms with Crippen molar-refractivity contribution >= 4 is 17.2 Å². The molecule has 0 saturated carbocycles. The molecule has 1 aromatic carbocycles. The van der Waals surface area contributed by atoms with Gasteiger partial charge in [-0.3, -0.25) is 9.69 Å². The molecule has 3 nitrogen and oxygen atoms in total. The van der Waals surface area contributed by atoms with Crippen LogP contribution in [0.3, 0.4) is 0 Å². The highest BCUT2D eigenvalue weighted by atomic mass is 32.1. The molecular formula is C20H26N2OS. The monoisotopic (exact) mass is 342 g/mol. The number of nitrogens with zero attached hydrogens (tertiary/aromatic N) is 1. The van der Waals surface area contributed by atoms with Gasteiger partial charge in [0.25, 0.3) is 0 Å². The molecule has 1 aromatic heterocycles. The highest BCUT2D eigenvalue weighted by Gasteiger charge is 2.25. The lowest BCUT2D eigenvalue weighted by molar-refractivity contribution is -0.119. The number of benzene rings is 1. The summed E-state index contributed by atoms with van der Waals surface area (Å²) in [5.74, 6) is 0.572. The van der Waals surface area contributed by atoms with E-state index < -0.39 is 0 Å². The van der Waals surface area contributed by atoms with Gasteiger partial charge in [0.1, 0.15) is 0 Å². The molecule has 1 aliphatic heterocycles. The Morgan fingerprint density at radius 2 is 1.92 bits per heavy atom. The summed E-state index contributed by atoms with van der Waals surface area (Å²) in [5.41, 5.74) is 4.08. The third-order valence-electron chi connectivity index (χ3n) is 4.81. The second-order valence-electron chi connectivity index (χ2n) is 6.86. The number of hydrogen-bond donors (Lipinski definition) is 1. The van der Waals surface area contributed by atoms with E-state index in [2.05, 4.69) is 59.8 Å². The summed E-state index contributed by atoms with van der Waals surface area (Å²) in [6, 6.07) is 11.4. The van der Waals surface area contributed by atoms with Crippen LogP contribution in [0.15, 0.2) is 35.7 Å². The number of nitrogens with one attached hydrogen (secondary N) is 1. The average Bonchev–Trinajstić information content (AvgIpc) is 3.03. The van der Waals surface area contributed by atoms with Crippen molar-refractivity contribution in [2.24, 2.45) is 0 Å². The van der Waals surface area contributed by atoms with Crippen molar-refractivity contribution in [3.63, 3.8) is 0 Å². The van der Waals surface area contributed by atoms with Gasteiger partial charge in [0.2, 0.25) is 5.91 Å². The molecule has 2 heterocycles. The van der Waals surface area contributed by atoms with Crippen LogP contribution in [0.2, 0.25) is 0 Å². The highest BCUT2D eigenvalue weighted by molar-refractivity contribution is 7.10. The molecule has 0 bridgehead atoms. The molecule has 4 heteroatoms. The Labute approximate surface area is 148 Å². The van der Waals surface area contributed by atoms with Crippen molar-refractivity contribution in [1.82, 2.24) is 10.2 Å². The van der Waals surface area contributed by atoms with E-state index in [0.717, 1.165) is 19.5 Å². The first-order valence-electron chi connectivity index (χ1n) is 8.68. The molecule has 1 N–H and O–H groups in total. The molecule has 1 amide bonds. The van der Waals surface area contributed by atoms with E-state index in [9.17, 15) is 4.79 Å². The molecule has 1 atom stereocenters. The standard InChI is InChI=1S/C20H26N2OS/c1-14(2)16-4-6-17(7-5-16)19(12-21-15(3)23)22-10-8-20-18(13-22)9-11-24-20/h4-7,9,11,14,19H,8,10,12-13H2,1-3H3,(H,21,23). The third-order valence-corrected chi connectivity index (χ3v) is 5.83. The summed E-state index contributed by atoms with van der Waals surface area (Å²) >= 11 is 1.86. The van der Waals surface area contributed by atoms with E-state index in [1.807, 2.05) is 11.3 Å². The molecule has 0 fully saturated rings. The second kappa shape index (κ2) is 7.49. The van der Waals surface area contributed by atoms with Gasteiger partial charge < -0.3 is 5.32 Å². The van der Waals surface area contributed by atoms with Crippen LogP contribution in [0.25, 0.3) is 0 Å². The van der Waals surface area contributed by atoms with Crippen LogP contribution in [0.4, 0.5) is 0 Å². The normalized spacial score (nSPS) is 16.0. The molecule has 0 saturated heterocycles. The van der Waals surface area contributed by atoms with Gasteiger partial charge in [0.05, 0.1) is 6.04 Å². The minimum absolute atomic E-state index is 0.0343. The molecule has 24 heavy (non-hydrogen) atoms. The Balaban J connectivity index is 1.82. The number of amides is 1. The summed E-state index contributed by atoms with van der Waals surface area (Å²) in [4.78, 5) is 15.4. The maximum Gasteiger partial charge on any atom is 0.216 e. The van der Waals surface area contributed by atoms with Gasteiger partial charge in [-0.05, 0) is 40.5 Å². The van der Waals surface area contributed by atoms with Crippen LogP contribution in [-0.4, -0.2) is 23.9 Å². The summed E-state index contributed by atoms with van der Waals surface area (Å²) < 4.78 is 0.